The van der Waals surface area contributed by atoms with Crippen molar-refractivity contribution in [2.45, 2.75) is 0 Å². The van der Waals surface area contributed by atoms with Gasteiger partial charge < -0.3 is 4.98 Å². The molecule has 0 saturated carbocycles. The molecule has 0 saturated heterocycles. The van der Waals surface area contributed by atoms with Gasteiger partial charge in [0.05, 0.1) is 11.3 Å². The Labute approximate surface area is 146 Å². The molecule has 0 radical (unpaired) electrons. The van der Waals surface area contributed by atoms with Crippen LogP contribution in [0.5, 0.6) is 0 Å². The van der Waals surface area contributed by atoms with Gasteiger partial charge in [-0.05, 0) is 18.2 Å². The molecule has 4 aromatic rings. The summed E-state index contributed by atoms with van der Waals surface area (Å²) in [7, 11) is 0. The van der Waals surface area contributed by atoms with E-state index in [4.69, 9.17) is 0 Å². The normalized spacial score (nSPS) is 10.7. The van der Waals surface area contributed by atoms with E-state index in [1.807, 2.05) is 23.6 Å². The van der Waals surface area contributed by atoms with Gasteiger partial charge in [0.1, 0.15) is 0 Å². The molecule has 0 atom stereocenters. The van der Waals surface area contributed by atoms with Crippen molar-refractivity contribution in [3.05, 3.63) is 76.2 Å². The SMILES string of the molecule is O=C(Nc1nc(-c2cccnc2)cs1)c1cc(=O)[nH]c2ccccc12. The standard InChI is InChI=1S/C18H12N4O2S/c23-16-8-13(12-5-1-2-6-14(12)20-16)17(24)22-18-21-15(10-25-18)11-4-3-7-19-9-11/h1-10H,(H,20,23)(H,21,22,24). The minimum absolute atomic E-state index is 0.317. The Morgan fingerprint density at radius 1 is 1.16 bits per heavy atom. The maximum absolute atomic E-state index is 12.6. The predicted octanol–water partition coefficient (Wildman–Crippen LogP) is 3.30. The van der Waals surface area contributed by atoms with Gasteiger partial charge in [-0.1, -0.05) is 18.2 Å². The molecular formula is C18H12N4O2S. The molecule has 4 rings (SSSR count). The van der Waals surface area contributed by atoms with Crippen molar-refractivity contribution in [3.8, 4) is 11.3 Å². The van der Waals surface area contributed by atoms with Crippen LogP contribution in [0.2, 0.25) is 0 Å². The Morgan fingerprint density at radius 2 is 2.04 bits per heavy atom. The first-order valence-corrected chi connectivity index (χ1v) is 8.38. The topological polar surface area (TPSA) is 87.7 Å². The van der Waals surface area contributed by atoms with Gasteiger partial charge in [-0.2, -0.15) is 0 Å². The van der Waals surface area contributed by atoms with Gasteiger partial charge in [0, 0.05) is 40.3 Å². The summed E-state index contributed by atoms with van der Waals surface area (Å²) in [6, 6.07) is 12.2. The van der Waals surface area contributed by atoms with Crippen molar-refractivity contribution in [1.29, 1.82) is 0 Å². The summed E-state index contributed by atoms with van der Waals surface area (Å²) < 4.78 is 0. The Kier molecular flexibility index (Phi) is 3.83. The van der Waals surface area contributed by atoms with E-state index < -0.39 is 0 Å². The molecule has 0 aliphatic carbocycles. The second-order valence-electron chi connectivity index (χ2n) is 5.33. The monoisotopic (exact) mass is 348 g/mol. The molecule has 6 nitrogen and oxygen atoms in total. The summed E-state index contributed by atoms with van der Waals surface area (Å²) in [5, 5.41) is 5.76. The summed E-state index contributed by atoms with van der Waals surface area (Å²) in [4.78, 5) is 35.6. The third kappa shape index (κ3) is 3.05. The summed E-state index contributed by atoms with van der Waals surface area (Å²) in [6.07, 6.45) is 3.40. The second-order valence-corrected chi connectivity index (χ2v) is 6.18. The molecular weight excluding hydrogens is 336 g/mol. The quantitative estimate of drug-likeness (QED) is 0.595. The maximum Gasteiger partial charge on any atom is 0.258 e. The first-order valence-electron chi connectivity index (χ1n) is 7.50. The molecule has 0 unspecified atom stereocenters. The van der Waals surface area contributed by atoms with E-state index >= 15 is 0 Å². The van der Waals surface area contributed by atoms with Crippen LogP contribution in [0.1, 0.15) is 10.4 Å². The molecule has 0 aliphatic rings. The summed E-state index contributed by atoms with van der Waals surface area (Å²) in [5.41, 5.74) is 2.23. The van der Waals surface area contributed by atoms with E-state index in [0.29, 0.717) is 21.6 Å². The van der Waals surface area contributed by atoms with Crippen LogP contribution < -0.4 is 10.9 Å². The number of nitrogens with zero attached hydrogens (tertiary/aromatic N) is 2. The Bertz CT molecular complexity index is 1120. The molecule has 1 amide bonds. The predicted molar refractivity (Wildman–Crippen MR) is 97.9 cm³/mol. The zero-order valence-corrected chi connectivity index (χ0v) is 13.7. The van der Waals surface area contributed by atoms with Crippen molar-refractivity contribution in [2.24, 2.45) is 0 Å². The van der Waals surface area contributed by atoms with Crippen molar-refractivity contribution in [1.82, 2.24) is 15.0 Å². The average Bonchev–Trinajstić information content (AvgIpc) is 3.10. The lowest BCUT2D eigenvalue weighted by Crippen LogP contribution is -2.16. The van der Waals surface area contributed by atoms with E-state index in [1.165, 1.54) is 17.4 Å². The summed E-state index contributed by atoms with van der Waals surface area (Å²) in [5.74, 6) is -0.366. The third-order valence-electron chi connectivity index (χ3n) is 3.68. The number of rotatable bonds is 3. The van der Waals surface area contributed by atoms with Gasteiger partial charge in [-0.25, -0.2) is 4.98 Å². The molecule has 0 aliphatic heterocycles. The van der Waals surface area contributed by atoms with E-state index in [2.05, 4.69) is 20.3 Å². The van der Waals surface area contributed by atoms with Crippen LogP contribution in [0, 0.1) is 0 Å². The lowest BCUT2D eigenvalue weighted by atomic mass is 10.1. The number of carbonyl (C=O) groups is 1. The number of hydrogen-bond donors (Lipinski definition) is 2. The number of para-hydroxylation sites is 1. The van der Waals surface area contributed by atoms with Crippen LogP contribution in [-0.4, -0.2) is 20.9 Å². The first kappa shape index (κ1) is 15.2. The molecule has 25 heavy (non-hydrogen) atoms. The number of anilines is 1. The van der Waals surface area contributed by atoms with E-state index in [1.54, 1.807) is 30.6 Å². The Hall–Kier alpha value is -3.32. The minimum atomic E-state index is -0.366. The molecule has 122 valence electrons. The number of amides is 1. The zero-order valence-electron chi connectivity index (χ0n) is 12.9. The largest absolute Gasteiger partial charge is 0.322 e. The fourth-order valence-corrected chi connectivity index (χ4v) is 3.25. The zero-order chi connectivity index (χ0) is 17.2. The minimum Gasteiger partial charge on any atom is -0.322 e. The molecule has 0 spiro atoms. The lowest BCUT2D eigenvalue weighted by molar-refractivity contribution is 0.102. The summed E-state index contributed by atoms with van der Waals surface area (Å²) >= 11 is 1.32. The fraction of sp³-hybridized carbons (Fsp3) is 0. The van der Waals surface area contributed by atoms with Gasteiger partial charge in [0.25, 0.3) is 5.91 Å². The number of aromatic nitrogens is 3. The number of fused-ring (bicyclic) bond motifs is 1. The highest BCUT2D eigenvalue weighted by molar-refractivity contribution is 7.14. The van der Waals surface area contributed by atoms with Crippen LogP contribution in [0.25, 0.3) is 22.2 Å². The number of thiazole rings is 1. The van der Waals surface area contributed by atoms with Crippen LogP contribution in [0.4, 0.5) is 5.13 Å². The van der Waals surface area contributed by atoms with E-state index in [0.717, 1.165) is 11.3 Å². The van der Waals surface area contributed by atoms with Gasteiger partial charge in [-0.15, -0.1) is 11.3 Å². The first-order chi connectivity index (χ1) is 12.2. The van der Waals surface area contributed by atoms with Gasteiger partial charge in [-0.3, -0.25) is 19.9 Å². The van der Waals surface area contributed by atoms with E-state index in [-0.39, 0.29) is 11.5 Å². The highest BCUT2D eigenvalue weighted by Gasteiger charge is 2.14. The highest BCUT2D eigenvalue weighted by Crippen LogP contribution is 2.25. The number of hydrogen-bond acceptors (Lipinski definition) is 5. The number of pyridine rings is 2. The molecule has 7 heteroatoms. The Morgan fingerprint density at radius 3 is 2.88 bits per heavy atom. The van der Waals surface area contributed by atoms with Crippen LogP contribution in [0.3, 0.4) is 0 Å². The molecule has 0 bridgehead atoms. The van der Waals surface area contributed by atoms with Crippen molar-refractivity contribution in [3.63, 3.8) is 0 Å². The lowest BCUT2D eigenvalue weighted by Gasteiger charge is -2.05. The summed E-state index contributed by atoms with van der Waals surface area (Å²) in [6.45, 7) is 0. The maximum atomic E-state index is 12.6. The number of aromatic amines is 1. The van der Waals surface area contributed by atoms with Crippen molar-refractivity contribution < 1.29 is 4.79 Å². The second kappa shape index (κ2) is 6.29. The van der Waals surface area contributed by atoms with Crippen LogP contribution >= 0.6 is 11.3 Å². The Balaban J connectivity index is 1.65. The molecule has 0 fully saturated rings. The van der Waals surface area contributed by atoms with Gasteiger partial charge in [0.2, 0.25) is 5.56 Å². The highest BCUT2D eigenvalue weighted by atomic mass is 32.1. The molecule has 2 N–H and O–H groups in total. The van der Waals surface area contributed by atoms with Gasteiger partial charge >= 0.3 is 0 Å². The average molecular weight is 348 g/mol. The van der Waals surface area contributed by atoms with Crippen LogP contribution in [-0.2, 0) is 0 Å². The molecule has 3 aromatic heterocycles. The number of nitrogens with one attached hydrogen (secondary N) is 2. The van der Waals surface area contributed by atoms with Crippen molar-refractivity contribution in [2.75, 3.05) is 5.32 Å². The smallest absolute Gasteiger partial charge is 0.258 e. The number of H-pyrrole nitrogens is 1. The van der Waals surface area contributed by atoms with E-state index in [9.17, 15) is 9.59 Å². The fourth-order valence-electron chi connectivity index (χ4n) is 2.53. The third-order valence-corrected chi connectivity index (χ3v) is 4.43. The van der Waals surface area contributed by atoms with Crippen molar-refractivity contribution >= 4 is 33.3 Å². The molecule has 3 heterocycles. The van der Waals surface area contributed by atoms with Gasteiger partial charge in [0.15, 0.2) is 5.13 Å². The number of benzene rings is 1. The van der Waals surface area contributed by atoms with Crippen LogP contribution in [0.15, 0.2) is 65.0 Å². The number of carbonyl (C=O) groups excluding carboxylic acids is 1. The molecule has 1 aromatic carbocycles.